The Morgan fingerprint density at radius 3 is 2.92 bits per heavy atom. The summed E-state index contributed by atoms with van der Waals surface area (Å²) in [5.41, 5.74) is 2.37. The van der Waals surface area contributed by atoms with Gasteiger partial charge in [-0.1, -0.05) is 17.8 Å². The van der Waals surface area contributed by atoms with Crippen LogP contribution in [0.5, 0.6) is 0 Å². The number of rotatable bonds is 4. The molecule has 2 fully saturated rings. The third-order valence-corrected chi connectivity index (χ3v) is 6.47. The zero-order chi connectivity index (χ0) is 17.7. The highest BCUT2D eigenvalue weighted by atomic mass is 32.2. The fourth-order valence-corrected chi connectivity index (χ4v) is 5.05. The topological polar surface area (TPSA) is 67.3 Å². The summed E-state index contributed by atoms with van der Waals surface area (Å²) < 4.78 is 5.17. The maximum atomic E-state index is 11.9. The molecule has 5 rings (SSSR count). The van der Waals surface area contributed by atoms with Crippen molar-refractivity contribution in [1.82, 2.24) is 14.9 Å². The number of fused-ring (bicyclic) bond motifs is 3. The summed E-state index contributed by atoms with van der Waals surface area (Å²) in [6.07, 6.45) is 3.42. The molecule has 7 heteroatoms. The second kappa shape index (κ2) is 6.25. The van der Waals surface area contributed by atoms with Crippen LogP contribution >= 0.6 is 11.8 Å². The van der Waals surface area contributed by atoms with E-state index in [2.05, 4.69) is 38.4 Å². The molecular weight excluding hydrogens is 348 g/mol. The Labute approximate surface area is 156 Å². The van der Waals surface area contributed by atoms with Gasteiger partial charge in [-0.05, 0) is 36.5 Å². The van der Waals surface area contributed by atoms with Gasteiger partial charge in [-0.2, -0.15) is 0 Å². The van der Waals surface area contributed by atoms with Crippen molar-refractivity contribution >= 4 is 29.2 Å². The summed E-state index contributed by atoms with van der Waals surface area (Å²) in [6.45, 7) is 5.24. The number of esters is 1. The number of carbonyl (C=O) groups excluding carboxylic acids is 1. The van der Waals surface area contributed by atoms with Crippen LogP contribution in [0.25, 0.3) is 0 Å². The van der Waals surface area contributed by atoms with Crippen molar-refractivity contribution in [3.63, 3.8) is 0 Å². The minimum atomic E-state index is -0.00284. The van der Waals surface area contributed by atoms with E-state index in [1.807, 2.05) is 6.92 Å². The highest BCUT2D eigenvalue weighted by Gasteiger charge is 2.60. The molecule has 2 unspecified atom stereocenters. The van der Waals surface area contributed by atoms with Crippen molar-refractivity contribution in [2.24, 2.45) is 17.8 Å². The maximum Gasteiger partial charge on any atom is 0.309 e. The number of piperidine rings is 1. The van der Waals surface area contributed by atoms with Crippen LogP contribution in [-0.2, 0) is 16.1 Å². The predicted octanol–water partition coefficient (Wildman–Crippen LogP) is 2.93. The van der Waals surface area contributed by atoms with Crippen molar-refractivity contribution in [3.05, 3.63) is 36.2 Å². The SMILES string of the molecule is CCOC(=O)C1C2CN(Cc3ccc4c(c3)Nc3nccnc3S4)C[C@@H]21. The molecule has 2 aliphatic heterocycles. The van der Waals surface area contributed by atoms with Crippen LogP contribution in [0.15, 0.2) is 40.5 Å². The van der Waals surface area contributed by atoms with Gasteiger partial charge in [-0.25, -0.2) is 9.97 Å². The fourth-order valence-electron chi connectivity index (χ4n) is 4.17. The van der Waals surface area contributed by atoms with E-state index in [-0.39, 0.29) is 11.9 Å². The van der Waals surface area contributed by atoms with Crippen molar-refractivity contribution in [1.29, 1.82) is 0 Å². The number of likely N-dealkylation sites (tertiary alicyclic amines) is 1. The normalized spacial score (nSPS) is 25.7. The van der Waals surface area contributed by atoms with E-state index in [9.17, 15) is 4.79 Å². The lowest BCUT2D eigenvalue weighted by molar-refractivity contribution is -0.145. The molecule has 2 aromatic rings. The largest absolute Gasteiger partial charge is 0.466 e. The highest BCUT2D eigenvalue weighted by Crippen LogP contribution is 2.52. The van der Waals surface area contributed by atoms with Gasteiger partial charge in [-0.3, -0.25) is 9.69 Å². The first kappa shape index (κ1) is 16.1. The number of nitrogens with zero attached hydrogens (tertiary/aromatic N) is 3. The standard InChI is InChI=1S/C19H20N4O2S/c1-2-25-19(24)16-12-9-23(10-13(12)16)8-11-3-4-15-14(7-11)22-17-18(26-15)21-6-5-20-17/h3-7,12-13,16H,2,8-10H2,1H3,(H,20,22)/t12-,13?,16?/m0/s1. The van der Waals surface area contributed by atoms with Crippen molar-refractivity contribution < 1.29 is 9.53 Å². The number of aromatic nitrogens is 2. The van der Waals surface area contributed by atoms with Crippen LogP contribution in [0.1, 0.15) is 12.5 Å². The quantitative estimate of drug-likeness (QED) is 0.710. The predicted molar refractivity (Wildman–Crippen MR) is 98.3 cm³/mol. The highest BCUT2D eigenvalue weighted by molar-refractivity contribution is 7.99. The molecule has 3 atom stereocenters. The number of nitrogens with one attached hydrogen (secondary N) is 1. The van der Waals surface area contributed by atoms with Crippen LogP contribution < -0.4 is 5.32 Å². The zero-order valence-electron chi connectivity index (χ0n) is 14.5. The summed E-state index contributed by atoms with van der Waals surface area (Å²) in [4.78, 5) is 24.2. The summed E-state index contributed by atoms with van der Waals surface area (Å²) in [6, 6.07) is 6.53. The number of hydrogen-bond donors (Lipinski definition) is 1. The number of anilines is 2. The summed E-state index contributed by atoms with van der Waals surface area (Å²) in [5, 5.41) is 4.30. The first-order valence-electron chi connectivity index (χ1n) is 9.00. The zero-order valence-corrected chi connectivity index (χ0v) is 15.3. The summed E-state index contributed by atoms with van der Waals surface area (Å²) in [5.74, 6) is 1.94. The van der Waals surface area contributed by atoms with Gasteiger partial charge in [0.2, 0.25) is 0 Å². The molecule has 1 N–H and O–H groups in total. The second-order valence-corrected chi connectivity index (χ2v) is 8.10. The van der Waals surface area contributed by atoms with Crippen molar-refractivity contribution in [3.8, 4) is 0 Å². The molecule has 0 amide bonds. The maximum absolute atomic E-state index is 11.9. The number of hydrogen-bond acceptors (Lipinski definition) is 7. The first-order chi connectivity index (χ1) is 12.7. The Bertz CT molecular complexity index is 862. The Balaban J connectivity index is 1.23. The van der Waals surface area contributed by atoms with E-state index in [4.69, 9.17) is 4.74 Å². The van der Waals surface area contributed by atoms with E-state index in [0.717, 1.165) is 36.2 Å². The molecule has 1 aromatic heterocycles. The molecule has 0 bridgehead atoms. The number of benzene rings is 1. The molecule has 3 aliphatic rings. The second-order valence-electron chi connectivity index (χ2n) is 7.07. The Morgan fingerprint density at radius 1 is 1.31 bits per heavy atom. The van der Waals surface area contributed by atoms with Crippen LogP contribution in [0.2, 0.25) is 0 Å². The molecule has 1 aromatic carbocycles. The van der Waals surface area contributed by atoms with E-state index < -0.39 is 0 Å². The lowest BCUT2D eigenvalue weighted by atomic mass is 10.1. The third-order valence-electron chi connectivity index (χ3n) is 5.40. The Hall–Kier alpha value is -2.12. The van der Waals surface area contributed by atoms with E-state index in [0.29, 0.717) is 18.4 Å². The van der Waals surface area contributed by atoms with Crippen LogP contribution in [-0.4, -0.2) is 40.5 Å². The van der Waals surface area contributed by atoms with Crippen molar-refractivity contribution in [2.75, 3.05) is 25.0 Å². The van der Waals surface area contributed by atoms with E-state index >= 15 is 0 Å². The molecule has 1 aliphatic carbocycles. The smallest absolute Gasteiger partial charge is 0.309 e. The molecule has 26 heavy (non-hydrogen) atoms. The molecule has 1 saturated heterocycles. The monoisotopic (exact) mass is 368 g/mol. The number of carbonyl (C=O) groups is 1. The van der Waals surface area contributed by atoms with Gasteiger partial charge in [0.25, 0.3) is 0 Å². The average Bonchev–Trinajstić information content (AvgIpc) is 3.16. The summed E-state index contributed by atoms with van der Waals surface area (Å²) in [7, 11) is 0. The van der Waals surface area contributed by atoms with E-state index in [1.54, 1.807) is 24.2 Å². The lowest BCUT2D eigenvalue weighted by Gasteiger charge is -2.22. The summed E-state index contributed by atoms with van der Waals surface area (Å²) >= 11 is 1.65. The lowest BCUT2D eigenvalue weighted by Crippen LogP contribution is -2.26. The van der Waals surface area contributed by atoms with Gasteiger partial charge in [0, 0.05) is 36.9 Å². The first-order valence-corrected chi connectivity index (χ1v) is 9.82. The average molecular weight is 368 g/mol. The minimum absolute atomic E-state index is 0.00284. The molecule has 0 spiro atoms. The van der Waals surface area contributed by atoms with Crippen LogP contribution in [0.4, 0.5) is 11.5 Å². The van der Waals surface area contributed by atoms with Crippen LogP contribution in [0, 0.1) is 17.8 Å². The van der Waals surface area contributed by atoms with Gasteiger partial charge in [0.15, 0.2) is 5.82 Å². The molecule has 6 nitrogen and oxygen atoms in total. The Morgan fingerprint density at radius 2 is 2.12 bits per heavy atom. The van der Waals surface area contributed by atoms with Gasteiger partial charge in [0.05, 0.1) is 18.2 Å². The van der Waals surface area contributed by atoms with Gasteiger partial charge in [-0.15, -0.1) is 0 Å². The molecule has 3 heterocycles. The molecular formula is C19H20N4O2S. The molecule has 134 valence electrons. The number of ether oxygens (including phenoxy) is 1. The molecule has 1 saturated carbocycles. The molecule has 0 radical (unpaired) electrons. The van der Waals surface area contributed by atoms with Crippen molar-refractivity contribution in [2.45, 2.75) is 23.4 Å². The Kier molecular flexibility index (Phi) is 3.86. The third kappa shape index (κ3) is 2.75. The van der Waals surface area contributed by atoms with Gasteiger partial charge < -0.3 is 10.1 Å². The van der Waals surface area contributed by atoms with Crippen LogP contribution in [0.3, 0.4) is 0 Å². The van der Waals surface area contributed by atoms with E-state index in [1.165, 1.54) is 10.5 Å². The van der Waals surface area contributed by atoms with Gasteiger partial charge in [0.1, 0.15) is 5.03 Å². The minimum Gasteiger partial charge on any atom is -0.466 e. The fraction of sp³-hybridized carbons (Fsp3) is 0.421. The van der Waals surface area contributed by atoms with Gasteiger partial charge >= 0.3 is 5.97 Å².